The Balaban J connectivity index is 1.41. The predicted molar refractivity (Wildman–Crippen MR) is 122 cm³/mol. The van der Waals surface area contributed by atoms with Crippen LogP contribution in [0.2, 0.25) is 0 Å². The Hall–Kier alpha value is -3.04. The van der Waals surface area contributed by atoms with E-state index in [0.717, 1.165) is 24.8 Å². The number of rotatable bonds is 6. The highest BCUT2D eigenvalue weighted by Crippen LogP contribution is 2.21. The summed E-state index contributed by atoms with van der Waals surface area (Å²) in [5.74, 6) is -0.230. The number of hydrogen-bond acceptors (Lipinski definition) is 5. The average molecular weight is 455 g/mol. The monoisotopic (exact) mass is 454 g/mol. The smallest absolute Gasteiger partial charge is 0.274 e. The first-order valence-electron chi connectivity index (χ1n) is 10.7. The molecule has 3 aromatic rings. The number of piperidine rings is 1. The molecule has 0 atom stereocenters. The minimum absolute atomic E-state index is 0.0378. The fraction of sp³-hybridized carbons (Fsp3) is 0.348. The molecule has 32 heavy (non-hydrogen) atoms. The number of nitrogens with zero attached hydrogens (tertiary/aromatic N) is 3. The van der Waals surface area contributed by atoms with Gasteiger partial charge in [0.05, 0.1) is 22.4 Å². The van der Waals surface area contributed by atoms with Gasteiger partial charge < -0.3 is 5.32 Å². The molecule has 0 radical (unpaired) electrons. The third kappa shape index (κ3) is 4.58. The van der Waals surface area contributed by atoms with Crippen molar-refractivity contribution in [3.8, 4) is 0 Å². The van der Waals surface area contributed by atoms with E-state index in [0.29, 0.717) is 29.6 Å². The Bertz CT molecular complexity index is 1290. The average Bonchev–Trinajstić information content (AvgIpc) is 2.82. The molecular formula is C23H26N4O4S. The molecule has 1 fully saturated rings. The van der Waals surface area contributed by atoms with Gasteiger partial charge in [-0.25, -0.2) is 13.1 Å². The largest absolute Gasteiger partial charge is 0.352 e. The number of carbonyl (C=O) groups excluding carboxylic acids is 1. The lowest BCUT2D eigenvalue weighted by Crippen LogP contribution is -2.35. The maximum atomic E-state index is 12.8. The molecule has 0 spiro atoms. The molecule has 1 N–H and O–H groups in total. The van der Waals surface area contributed by atoms with E-state index >= 15 is 0 Å². The van der Waals surface area contributed by atoms with Crippen molar-refractivity contribution in [1.82, 2.24) is 19.4 Å². The third-order valence-corrected chi connectivity index (χ3v) is 7.64. The van der Waals surface area contributed by atoms with Gasteiger partial charge in [-0.2, -0.15) is 9.40 Å². The molecule has 0 bridgehead atoms. The summed E-state index contributed by atoms with van der Waals surface area (Å²) < 4.78 is 28.3. The van der Waals surface area contributed by atoms with E-state index in [9.17, 15) is 18.0 Å². The Morgan fingerprint density at radius 2 is 1.66 bits per heavy atom. The van der Waals surface area contributed by atoms with E-state index < -0.39 is 10.0 Å². The van der Waals surface area contributed by atoms with Crippen molar-refractivity contribution >= 4 is 26.7 Å². The van der Waals surface area contributed by atoms with Crippen LogP contribution in [0.25, 0.3) is 10.8 Å². The number of benzene rings is 2. The van der Waals surface area contributed by atoms with E-state index in [-0.39, 0.29) is 29.3 Å². The molecule has 9 heteroatoms. The van der Waals surface area contributed by atoms with E-state index in [1.807, 2.05) is 6.07 Å². The first-order valence-corrected chi connectivity index (χ1v) is 12.1. The number of carbonyl (C=O) groups is 1. The van der Waals surface area contributed by atoms with Crippen LogP contribution in [0.5, 0.6) is 0 Å². The van der Waals surface area contributed by atoms with Gasteiger partial charge in [0.25, 0.3) is 5.56 Å². The Kier molecular flexibility index (Phi) is 6.38. The second-order valence-electron chi connectivity index (χ2n) is 7.98. The molecule has 1 aliphatic rings. The zero-order valence-electron chi connectivity index (χ0n) is 18.0. The summed E-state index contributed by atoms with van der Waals surface area (Å²) in [7, 11) is -1.90. The van der Waals surface area contributed by atoms with Crippen molar-refractivity contribution in [1.29, 1.82) is 0 Å². The Morgan fingerprint density at radius 3 is 2.34 bits per heavy atom. The van der Waals surface area contributed by atoms with E-state index in [4.69, 9.17) is 0 Å². The van der Waals surface area contributed by atoms with Crippen LogP contribution in [0.15, 0.2) is 58.2 Å². The molecule has 0 unspecified atom stereocenters. The van der Waals surface area contributed by atoms with Crippen LogP contribution in [0.3, 0.4) is 0 Å². The molecule has 4 rings (SSSR count). The third-order valence-electron chi connectivity index (χ3n) is 5.73. The molecule has 1 aliphatic heterocycles. The molecule has 1 aromatic heterocycles. The van der Waals surface area contributed by atoms with Gasteiger partial charge in [0, 0.05) is 32.1 Å². The zero-order valence-corrected chi connectivity index (χ0v) is 18.8. The van der Waals surface area contributed by atoms with Crippen LogP contribution >= 0.6 is 0 Å². The molecule has 2 aromatic carbocycles. The van der Waals surface area contributed by atoms with Gasteiger partial charge in [-0.15, -0.1) is 0 Å². The molecule has 0 saturated carbocycles. The van der Waals surface area contributed by atoms with E-state index in [2.05, 4.69) is 10.4 Å². The van der Waals surface area contributed by atoms with Crippen LogP contribution in [0.1, 0.15) is 30.5 Å². The van der Waals surface area contributed by atoms with Crippen LogP contribution in [-0.2, 0) is 34.8 Å². The molecule has 1 saturated heterocycles. The normalized spacial score (nSPS) is 15.0. The van der Waals surface area contributed by atoms with Crippen molar-refractivity contribution in [3.63, 3.8) is 0 Å². The van der Waals surface area contributed by atoms with E-state index in [1.165, 1.54) is 8.99 Å². The summed E-state index contributed by atoms with van der Waals surface area (Å²) in [4.78, 5) is 25.0. The summed E-state index contributed by atoms with van der Waals surface area (Å²) in [6, 6.07) is 13.7. The number of fused-ring (bicyclic) bond motifs is 1. The van der Waals surface area contributed by atoms with Gasteiger partial charge in [-0.05, 0) is 36.6 Å². The molecule has 1 amide bonds. The van der Waals surface area contributed by atoms with Crippen molar-refractivity contribution in [2.45, 2.75) is 37.1 Å². The summed E-state index contributed by atoms with van der Waals surface area (Å²) in [6.07, 6.45) is 2.89. The number of aryl methyl sites for hydroxylation is 1. The predicted octanol–water partition coefficient (Wildman–Crippen LogP) is 1.97. The van der Waals surface area contributed by atoms with Crippen molar-refractivity contribution in [2.75, 3.05) is 13.1 Å². The molecule has 2 heterocycles. The lowest BCUT2D eigenvalue weighted by molar-refractivity contribution is -0.120. The van der Waals surface area contributed by atoms with Gasteiger partial charge in [0.15, 0.2) is 0 Å². The standard InChI is InChI=1S/C23H26N4O4S/c1-26-23(29)20-8-4-3-7-19(20)21(25-26)15-22(28)24-16-17-9-11-18(12-10-17)32(30,31)27-13-5-2-6-14-27/h3-4,7-12H,2,5-6,13-16H2,1H3,(H,24,28). The van der Waals surface area contributed by atoms with Gasteiger partial charge in [-0.1, -0.05) is 36.8 Å². The lowest BCUT2D eigenvalue weighted by Gasteiger charge is -2.25. The van der Waals surface area contributed by atoms with Gasteiger partial charge >= 0.3 is 0 Å². The summed E-state index contributed by atoms with van der Waals surface area (Å²) in [5, 5.41) is 8.28. The minimum atomic E-state index is -3.47. The quantitative estimate of drug-likeness (QED) is 0.614. The van der Waals surface area contributed by atoms with Crippen LogP contribution in [-0.4, -0.2) is 41.5 Å². The number of amides is 1. The lowest BCUT2D eigenvalue weighted by atomic mass is 10.1. The molecular weight excluding hydrogens is 428 g/mol. The highest BCUT2D eigenvalue weighted by molar-refractivity contribution is 7.89. The molecule has 168 valence electrons. The first kappa shape index (κ1) is 22.2. The van der Waals surface area contributed by atoms with Crippen molar-refractivity contribution in [3.05, 3.63) is 70.1 Å². The summed E-state index contributed by atoms with van der Waals surface area (Å²) in [6.45, 7) is 1.40. The van der Waals surface area contributed by atoms with Gasteiger partial charge in [-0.3, -0.25) is 9.59 Å². The highest BCUT2D eigenvalue weighted by atomic mass is 32.2. The Morgan fingerprint density at radius 1 is 1.00 bits per heavy atom. The number of hydrogen-bond donors (Lipinski definition) is 1. The fourth-order valence-electron chi connectivity index (χ4n) is 3.96. The Labute approximate surface area is 186 Å². The second kappa shape index (κ2) is 9.22. The fourth-order valence-corrected chi connectivity index (χ4v) is 5.47. The number of nitrogens with one attached hydrogen (secondary N) is 1. The zero-order chi connectivity index (χ0) is 22.7. The summed E-state index contributed by atoms with van der Waals surface area (Å²) in [5.41, 5.74) is 1.13. The molecule has 8 nitrogen and oxygen atoms in total. The van der Waals surface area contributed by atoms with Gasteiger partial charge in [0.2, 0.25) is 15.9 Å². The number of sulfonamides is 1. The minimum Gasteiger partial charge on any atom is -0.352 e. The topological polar surface area (TPSA) is 101 Å². The second-order valence-corrected chi connectivity index (χ2v) is 9.92. The SMILES string of the molecule is Cn1nc(CC(=O)NCc2ccc(S(=O)(=O)N3CCCCC3)cc2)c2ccccc2c1=O. The maximum absolute atomic E-state index is 12.8. The number of aromatic nitrogens is 2. The summed E-state index contributed by atoms with van der Waals surface area (Å²) >= 11 is 0. The highest BCUT2D eigenvalue weighted by Gasteiger charge is 2.25. The first-order chi connectivity index (χ1) is 15.4. The van der Waals surface area contributed by atoms with Crippen LogP contribution in [0, 0.1) is 0 Å². The van der Waals surface area contributed by atoms with Crippen molar-refractivity contribution < 1.29 is 13.2 Å². The van der Waals surface area contributed by atoms with Gasteiger partial charge in [0.1, 0.15) is 0 Å². The van der Waals surface area contributed by atoms with Crippen LogP contribution in [0.4, 0.5) is 0 Å². The van der Waals surface area contributed by atoms with E-state index in [1.54, 1.807) is 49.5 Å². The van der Waals surface area contributed by atoms with Crippen LogP contribution < -0.4 is 10.9 Å². The van der Waals surface area contributed by atoms with Crippen molar-refractivity contribution in [2.24, 2.45) is 7.05 Å². The molecule has 0 aliphatic carbocycles. The maximum Gasteiger partial charge on any atom is 0.274 e.